The first-order chi connectivity index (χ1) is 7.43. The molecule has 0 amide bonds. The van der Waals surface area contributed by atoms with Gasteiger partial charge in [0.1, 0.15) is 0 Å². The second-order valence-electron chi connectivity index (χ2n) is 3.94. The summed E-state index contributed by atoms with van der Waals surface area (Å²) in [6.45, 7) is 0.392. The Morgan fingerprint density at radius 3 is 2.69 bits per heavy atom. The summed E-state index contributed by atoms with van der Waals surface area (Å²) in [4.78, 5) is 0.848. The predicted molar refractivity (Wildman–Crippen MR) is 61.5 cm³/mol. The third-order valence-electron chi connectivity index (χ3n) is 2.99. The number of nitrogens with two attached hydrogens (primary N) is 1. The molecular weight excluding hydrogens is 303 g/mol. The van der Waals surface area contributed by atoms with Crippen LogP contribution >= 0.6 is 27.3 Å². The lowest BCUT2D eigenvalue weighted by Crippen LogP contribution is -2.28. The number of fused-ring (bicyclic) bond motifs is 1. The standard InChI is InChI=1S/C10H11BrF3NS/c11-9-7(4-15)6-2-1-5(10(12,13)14)3-8(6)16-9/h5H,1-4,15H2. The molecular formula is C10H11BrF3NS. The summed E-state index contributed by atoms with van der Waals surface area (Å²) in [6.07, 6.45) is -3.28. The smallest absolute Gasteiger partial charge is 0.326 e. The van der Waals surface area contributed by atoms with E-state index in [0.29, 0.717) is 13.0 Å². The van der Waals surface area contributed by atoms with Crippen LogP contribution in [0.25, 0.3) is 0 Å². The third kappa shape index (κ3) is 2.15. The maximum atomic E-state index is 12.6. The normalized spacial score (nSPS) is 20.9. The maximum absolute atomic E-state index is 12.6. The zero-order valence-electron chi connectivity index (χ0n) is 8.40. The summed E-state index contributed by atoms with van der Waals surface area (Å²) in [6, 6.07) is 0. The van der Waals surface area contributed by atoms with Gasteiger partial charge in [0, 0.05) is 11.4 Å². The molecule has 2 N–H and O–H groups in total. The van der Waals surface area contributed by atoms with Crippen molar-refractivity contribution in [3.05, 3.63) is 19.8 Å². The first kappa shape index (κ1) is 12.4. The fraction of sp³-hybridized carbons (Fsp3) is 0.600. The van der Waals surface area contributed by atoms with Gasteiger partial charge < -0.3 is 5.73 Å². The van der Waals surface area contributed by atoms with Gasteiger partial charge in [0.05, 0.1) is 9.70 Å². The van der Waals surface area contributed by atoms with Gasteiger partial charge >= 0.3 is 6.18 Å². The number of hydrogen-bond donors (Lipinski definition) is 1. The first-order valence-corrected chi connectivity index (χ1v) is 6.60. The Balaban J connectivity index is 2.29. The van der Waals surface area contributed by atoms with E-state index in [9.17, 15) is 13.2 Å². The van der Waals surface area contributed by atoms with Crippen LogP contribution in [0.2, 0.25) is 0 Å². The van der Waals surface area contributed by atoms with E-state index >= 15 is 0 Å². The zero-order valence-corrected chi connectivity index (χ0v) is 10.8. The van der Waals surface area contributed by atoms with Crippen molar-refractivity contribution in [3.8, 4) is 0 Å². The van der Waals surface area contributed by atoms with Crippen molar-refractivity contribution in [2.75, 3.05) is 0 Å². The van der Waals surface area contributed by atoms with Crippen LogP contribution in [0.5, 0.6) is 0 Å². The molecule has 0 bridgehead atoms. The van der Waals surface area contributed by atoms with Crippen molar-refractivity contribution < 1.29 is 13.2 Å². The van der Waals surface area contributed by atoms with Crippen molar-refractivity contribution in [1.29, 1.82) is 0 Å². The number of thiophene rings is 1. The van der Waals surface area contributed by atoms with E-state index < -0.39 is 12.1 Å². The predicted octanol–water partition coefficient (Wildman–Crippen LogP) is 3.64. The van der Waals surface area contributed by atoms with Crippen LogP contribution in [0, 0.1) is 5.92 Å². The minimum absolute atomic E-state index is 0.113. The molecule has 1 aromatic rings. The van der Waals surface area contributed by atoms with Gasteiger partial charge in [0.2, 0.25) is 0 Å². The molecule has 1 aliphatic rings. The molecule has 0 fully saturated rings. The van der Waals surface area contributed by atoms with Crippen LogP contribution in [0.4, 0.5) is 13.2 Å². The van der Waals surface area contributed by atoms with Gasteiger partial charge in [-0.3, -0.25) is 0 Å². The summed E-state index contributed by atoms with van der Waals surface area (Å²) < 4.78 is 38.7. The average Bonchev–Trinajstić information content (AvgIpc) is 2.50. The van der Waals surface area contributed by atoms with Crippen LogP contribution in [-0.2, 0) is 19.4 Å². The lowest BCUT2D eigenvalue weighted by atomic mass is 9.87. The lowest BCUT2D eigenvalue weighted by Gasteiger charge is -2.24. The molecule has 1 heterocycles. The van der Waals surface area contributed by atoms with E-state index in [2.05, 4.69) is 15.9 Å². The molecule has 1 atom stereocenters. The monoisotopic (exact) mass is 313 g/mol. The van der Waals surface area contributed by atoms with Gasteiger partial charge in [-0.05, 0) is 46.3 Å². The molecule has 0 saturated heterocycles. The van der Waals surface area contributed by atoms with Gasteiger partial charge in [-0.1, -0.05) is 0 Å². The molecule has 0 aromatic carbocycles. The minimum Gasteiger partial charge on any atom is -0.326 e. The van der Waals surface area contributed by atoms with Crippen molar-refractivity contribution in [2.24, 2.45) is 11.7 Å². The number of rotatable bonds is 1. The van der Waals surface area contributed by atoms with Crippen molar-refractivity contribution >= 4 is 27.3 Å². The summed E-state index contributed by atoms with van der Waals surface area (Å²) in [5.41, 5.74) is 7.62. The highest BCUT2D eigenvalue weighted by molar-refractivity contribution is 9.11. The van der Waals surface area contributed by atoms with E-state index in [1.807, 2.05) is 0 Å². The second-order valence-corrected chi connectivity index (χ2v) is 6.36. The molecule has 0 saturated carbocycles. The van der Waals surface area contributed by atoms with E-state index in [0.717, 1.165) is 19.8 Å². The molecule has 2 rings (SSSR count). The van der Waals surface area contributed by atoms with E-state index in [4.69, 9.17) is 5.73 Å². The SMILES string of the molecule is NCc1c(Br)sc2c1CCC(C(F)(F)F)C2. The van der Waals surface area contributed by atoms with Crippen LogP contribution in [-0.4, -0.2) is 6.18 Å². The highest BCUT2D eigenvalue weighted by Gasteiger charge is 2.42. The van der Waals surface area contributed by atoms with Crippen molar-refractivity contribution in [3.63, 3.8) is 0 Å². The quantitative estimate of drug-likeness (QED) is 0.841. The maximum Gasteiger partial charge on any atom is 0.392 e. The van der Waals surface area contributed by atoms with Crippen LogP contribution in [0.1, 0.15) is 22.4 Å². The zero-order chi connectivity index (χ0) is 11.9. The summed E-state index contributed by atoms with van der Waals surface area (Å²) in [7, 11) is 0. The average molecular weight is 314 g/mol. The highest BCUT2D eigenvalue weighted by atomic mass is 79.9. The minimum atomic E-state index is -4.07. The highest BCUT2D eigenvalue weighted by Crippen LogP contribution is 2.43. The van der Waals surface area contributed by atoms with E-state index in [1.54, 1.807) is 0 Å². The molecule has 1 aromatic heterocycles. The number of alkyl halides is 3. The first-order valence-electron chi connectivity index (χ1n) is 4.99. The lowest BCUT2D eigenvalue weighted by molar-refractivity contribution is -0.176. The Morgan fingerprint density at radius 2 is 2.12 bits per heavy atom. The fourth-order valence-corrected chi connectivity index (χ4v) is 4.27. The molecule has 0 spiro atoms. The topological polar surface area (TPSA) is 26.0 Å². The number of hydrogen-bond acceptors (Lipinski definition) is 2. The van der Waals surface area contributed by atoms with Crippen molar-refractivity contribution in [1.82, 2.24) is 0 Å². The van der Waals surface area contributed by atoms with Gasteiger partial charge in [-0.25, -0.2) is 0 Å². The molecule has 90 valence electrons. The third-order valence-corrected chi connectivity index (χ3v) is 5.04. The Bertz CT molecular complexity index is 400. The molecule has 16 heavy (non-hydrogen) atoms. The van der Waals surface area contributed by atoms with Gasteiger partial charge in [-0.15, -0.1) is 11.3 Å². The van der Waals surface area contributed by atoms with Crippen LogP contribution < -0.4 is 5.73 Å². The summed E-state index contributed by atoms with van der Waals surface area (Å²) >= 11 is 4.76. The largest absolute Gasteiger partial charge is 0.392 e. The second kappa shape index (κ2) is 4.31. The molecule has 0 radical (unpaired) electrons. The van der Waals surface area contributed by atoms with Gasteiger partial charge in [0.25, 0.3) is 0 Å². The molecule has 6 heteroatoms. The number of halogens is 4. The Hall–Kier alpha value is -0.0700. The van der Waals surface area contributed by atoms with Crippen LogP contribution in [0.3, 0.4) is 0 Å². The Labute approximate surface area is 104 Å². The van der Waals surface area contributed by atoms with Crippen molar-refractivity contribution in [2.45, 2.75) is 32.0 Å². The summed E-state index contributed by atoms with van der Waals surface area (Å²) in [5, 5.41) is 0. The Kier molecular flexibility index (Phi) is 3.34. The van der Waals surface area contributed by atoms with Gasteiger partial charge in [0.15, 0.2) is 0 Å². The molecule has 1 nitrogen and oxygen atoms in total. The Morgan fingerprint density at radius 1 is 1.44 bits per heavy atom. The molecule has 1 aliphatic carbocycles. The molecule has 1 unspecified atom stereocenters. The fourth-order valence-electron chi connectivity index (χ4n) is 2.10. The van der Waals surface area contributed by atoms with E-state index in [-0.39, 0.29) is 12.8 Å². The van der Waals surface area contributed by atoms with Gasteiger partial charge in [-0.2, -0.15) is 13.2 Å². The molecule has 0 aliphatic heterocycles. The van der Waals surface area contributed by atoms with Crippen LogP contribution in [0.15, 0.2) is 3.79 Å². The summed E-state index contributed by atoms with van der Waals surface area (Å²) in [5.74, 6) is -1.18. The van der Waals surface area contributed by atoms with E-state index in [1.165, 1.54) is 11.3 Å².